The predicted octanol–water partition coefficient (Wildman–Crippen LogP) is 5.35. The van der Waals surface area contributed by atoms with Crippen LogP contribution < -0.4 is 10.6 Å². The van der Waals surface area contributed by atoms with Gasteiger partial charge in [-0.15, -0.1) is 0 Å². The molecule has 1 heterocycles. The lowest BCUT2D eigenvalue weighted by Crippen LogP contribution is -2.13. The van der Waals surface area contributed by atoms with Crippen LogP contribution in [0.3, 0.4) is 0 Å². The molecule has 0 radical (unpaired) electrons. The molecule has 0 aliphatic carbocycles. The van der Waals surface area contributed by atoms with Crippen molar-refractivity contribution in [3.63, 3.8) is 0 Å². The van der Waals surface area contributed by atoms with Crippen molar-refractivity contribution in [1.29, 1.82) is 0 Å². The molecule has 5 heteroatoms. The molecule has 4 nitrogen and oxygen atoms in total. The van der Waals surface area contributed by atoms with E-state index in [9.17, 15) is 4.79 Å². The van der Waals surface area contributed by atoms with E-state index in [0.717, 1.165) is 16.9 Å². The number of nitrogens with zero attached hydrogens (tertiary/aromatic N) is 1. The molecule has 25 heavy (non-hydrogen) atoms. The molecule has 1 aromatic heterocycles. The first-order valence-electron chi connectivity index (χ1n) is 7.87. The zero-order valence-electron chi connectivity index (χ0n) is 14.0. The second kappa shape index (κ2) is 7.36. The molecule has 0 atom stereocenters. The maximum Gasteiger partial charge on any atom is 0.257 e. The Morgan fingerprint density at radius 1 is 0.960 bits per heavy atom. The number of carbonyl (C=O) groups excluding carboxylic acids is 1. The van der Waals surface area contributed by atoms with E-state index < -0.39 is 0 Å². The van der Waals surface area contributed by atoms with Crippen LogP contribution in [-0.4, -0.2) is 10.9 Å². The normalized spacial score (nSPS) is 10.4. The number of halogens is 1. The van der Waals surface area contributed by atoms with Gasteiger partial charge in [-0.3, -0.25) is 9.78 Å². The number of aromatic nitrogens is 1. The first kappa shape index (κ1) is 17.0. The molecule has 2 N–H and O–H groups in total. The van der Waals surface area contributed by atoms with Crippen LogP contribution >= 0.6 is 11.6 Å². The molecule has 2 aromatic carbocycles. The highest BCUT2D eigenvalue weighted by Crippen LogP contribution is 2.22. The maximum atomic E-state index is 12.5. The molecule has 0 aliphatic rings. The average molecular weight is 352 g/mol. The van der Waals surface area contributed by atoms with Crippen molar-refractivity contribution in [3.8, 4) is 0 Å². The number of amides is 1. The van der Waals surface area contributed by atoms with Crippen molar-refractivity contribution < 1.29 is 4.79 Å². The average Bonchev–Trinajstić information content (AvgIpc) is 2.60. The summed E-state index contributed by atoms with van der Waals surface area (Å²) in [7, 11) is 0. The highest BCUT2D eigenvalue weighted by Gasteiger charge is 2.10. The number of aryl methyl sites for hydroxylation is 2. The van der Waals surface area contributed by atoms with E-state index >= 15 is 0 Å². The molecule has 126 valence electrons. The van der Waals surface area contributed by atoms with Crippen molar-refractivity contribution in [2.24, 2.45) is 0 Å². The summed E-state index contributed by atoms with van der Waals surface area (Å²) in [5.41, 5.74) is 4.98. The standard InChI is InChI=1S/C20H18ClN3O/c1-13-3-7-17(8-4-13)23-18-9-15(11-22-12-18)20(25)24-19-10-16(21)6-5-14(19)2/h3-12,23H,1-2H3,(H,24,25). The fraction of sp³-hybridized carbons (Fsp3) is 0.100. The van der Waals surface area contributed by atoms with E-state index in [0.29, 0.717) is 16.3 Å². The third-order valence-corrected chi connectivity index (χ3v) is 4.02. The van der Waals surface area contributed by atoms with Crippen molar-refractivity contribution in [2.45, 2.75) is 13.8 Å². The summed E-state index contributed by atoms with van der Waals surface area (Å²) >= 11 is 6.00. The Balaban J connectivity index is 1.77. The van der Waals surface area contributed by atoms with Gasteiger partial charge in [-0.25, -0.2) is 0 Å². The zero-order chi connectivity index (χ0) is 17.8. The molecule has 0 unspecified atom stereocenters. The van der Waals surface area contributed by atoms with Crippen molar-refractivity contribution >= 4 is 34.6 Å². The summed E-state index contributed by atoms with van der Waals surface area (Å²) in [5.74, 6) is -0.231. The Morgan fingerprint density at radius 3 is 2.48 bits per heavy atom. The van der Waals surface area contributed by atoms with Crippen LogP contribution in [0, 0.1) is 13.8 Å². The second-order valence-electron chi connectivity index (χ2n) is 5.87. The minimum atomic E-state index is -0.231. The van der Waals surface area contributed by atoms with E-state index in [1.807, 2.05) is 44.2 Å². The summed E-state index contributed by atoms with van der Waals surface area (Å²) in [6, 6.07) is 15.2. The van der Waals surface area contributed by atoms with Gasteiger partial charge in [0.1, 0.15) is 0 Å². The Labute approximate surface area is 151 Å². The van der Waals surface area contributed by atoms with E-state index in [1.54, 1.807) is 24.4 Å². The van der Waals surface area contributed by atoms with E-state index in [1.165, 1.54) is 11.8 Å². The van der Waals surface area contributed by atoms with Gasteiger partial charge in [0.2, 0.25) is 0 Å². The van der Waals surface area contributed by atoms with Crippen LogP contribution in [0.25, 0.3) is 0 Å². The minimum absolute atomic E-state index is 0.231. The SMILES string of the molecule is Cc1ccc(Nc2cncc(C(=O)Nc3cc(Cl)ccc3C)c2)cc1. The van der Waals surface area contributed by atoms with Crippen molar-refractivity contribution in [2.75, 3.05) is 10.6 Å². The van der Waals surface area contributed by atoms with E-state index in [-0.39, 0.29) is 5.91 Å². The van der Waals surface area contributed by atoms with Gasteiger partial charge >= 0.3 is 0 Å². The first-order valence-corrected chi connectivity index (χ1v) is 8.25. The summed E-state index contributed by atoms with van der Waals surface area (Å²) < 4.78 is 0. The highest BCUT2D eigenvalue weighted by molar-refractivity contribution is 6.31. The summed E-state index contributed by atoms with van der Waals surface area (Å²) in [5, 5.41) is 6.70. The lowest BCUT2D eigenvalue weighted by atomic mass is 10.2. The van der Waals surface area contributed by atoms with E-state index in [4.69, 9.17) is 11.6 Å². The van der Waals surface area contributed by atoms with Gasteiger partial charge in [-0.1, -0.05) is 35.4 Å². The van der Waals surface area contributed by atoms with Gasteiger partial charge in [-0.05, 0) is 49.7 Å². The Morgan fingerprint density at radius 2 is 1.72 bits per heavy atom. The molecule has 0 saturated carbocycles. The summed E-state index contributed by atoms with van der Waals surface area (Å²) in [4.78, 5) is 16.7. The van der Waals surface area contributed by atoms with Crippen LogP contribution in [0.15, 0.2) is 60.9 Å². The third-order valence-electron chi connectivity index (χ3n) is 3.79. The fourth-order valence-corrected chi connectivity index (χ4v) is 2.53. The first-order chi connectivity index (χ1) is 12.0. The van der Waals surface area contributed by atoms with Gasteiger partial charge in [-0.2, -0.15) is 0 Å². The number of benzene rings is 2. The molecule has 3 rings (SSSR count). The van der Waals surface area contributed by atoms with Crippen LogP contribution in [0.5, 0.6) is 0 Å². The van der Waals surface area contributed by atoms with Crippen molar-refractivity contribution in [1.82, 2.24) is 4.98 Å². The number of hydrogen-bond donors (Lipinski definition) is 2. The number of anilines is 3. The van der Waals surface area contributed by atoms with Gasteiger partial charge in [0.25, 0.3) is 5.91 Å². The smallest absolute Gasteiger partial charge is 0.257 e. The minimum Gasteiger partial charge on any atom is -0.354 e. The predicted molar refractivity (Wildman–Crippen MR) is 103 cm³/mol. The fourth-order valence-electron chi connectivity index (χ4n) is 2.36. The molecule has 0 bridgehead atoms. The quantitative estimate of drug-likeness (QED) is 0.666. The molecule has 0 aliphatic heterocycles. The maximum absolute atomic E-state index is 12.5. The van der Waals surface area contributed by atoms with Gasteiger partial charge in [0.05, 0.1) is 17.4 Å². The van der Waals surface area contributed by atoms with Gasteiger partial charge < -0.3 is 10.6 Å². The molecular formula is C20H18ClN3O. The Bertz CT molecular complexity index is 907. The van der Waals surface area contributed by atoms with E-state index in [2.05, 4.69) is 15.6 Å². The topological polar surface area (TPSA) is 54.0 Å². The zero-order valence-corrected chi connectivity index (χ0v) is 14.8. The van der Waals surface area contributed by atoms with Crippen LogP contribution in [0.4, 0.5) is 17.1 Å². The number of pyridine rings is 1. The lowest BCUT2D eigenvalue weighted by Gasteiger charge is -2.10. The van der Waals surface area contributed by atoms with Crippen molar-refractivity contribution in [3.05, 3.63) is 82.6 Å². The summed E-state index contributed by atoms with van der Waals surface area (Å²) in [6.45, 7) is 3.95. The molecule has 0 spiro atoms. The number of rotatable bonds is 4. The molecule has 3 aromatic rings. The monoisotopic (exact) mass is 351 g/mol. The lowest BCUT2D eigenvalue weighted by molar-refractivity contribution is 0.102. The number of carbonyl (C=O) groups is 1. The Hall–Kier alpha value is -2.85. The molecule has 0 fully saturated rings. The largest absolute Gasteiger partial charge is 0.354 e. The molecular weight excluding hydrogens is 334 g/mol. The highest BCUT2D eigenvalue weighted by atomic mass is 35.5. The summed E-state index contributed by atoms with van der Waals surface area (Å²) in [6.07, 6.45) is 3.22. The van der Waals surface area contributed by atoms with Gasteiger partial charge in [0.15, 0.2) is 0 Å². The molecule has 1 amide bonds. The number of nitrogens with one attached hydrogen (secondary N) is 2. The van der Waals surface area contributed by atoms with Crippen LogP contribution in [-0.2, 0) is 0 Å². The third kappa shape index (κ3) is 4.37. The van der Waals surface area contributed by atoms with Crippen LogP contribution in [0.2, 0.25) is 5.02 Å². The Kier molecular flexibility index (Phi) is 5.00. The second-order valence-corrected chi connectivity index (χ2v) is 6.30. The van der Waals surface area contributed by atoms with Gasteiger partial charge in [0, 0.05) is 22.6 Å². The number of hydrogen-bond acceptors (Lipinski definition) is 3. The van der Waals surface area contributed by atoms with Crippen LogP contribution in [0.1, 0.15) is 21.5 Å². The molecule has 0 saturated heterocycles.